The highest BCUT2D eigenvalue weighted by Gasteiger charge is 2.40. The van der Waals surface area contributed by atoms with Crippen LogP contribution in [0, 0.1) is 10.8 Å². The zero-order chi connectivity index (χ0) is 9.28. The quantitative estimate of drug-likeness (QED) is 0.636. The Morgan fingerprint density at radius 2 is 1.73 bits per heavy atom. The second-order valence-corrected chi connectivity index (χ2v) is 3.86. The zero-order valence-electron chi connectivity index (χ0n) is 7.64. The number of carbonyl (C=O) groups is 1. The molecule has 0 rings (SSSR count). The summed E-state index contributed by atoms with van der Waals surface area (Å²) in [6.07, 6.45) is 1.68. The standard InChI is InChI=1S/C9H16O2/c1-6-8(2,3)9(4,5)7(10)11/h6H,1H2,2-5H3,(H,10,11). The molecular weight excluding hydrogens is 140 g/mol. The minimum atomic E-state index is -0.789. The molecule has 0 aromatic rings. The van der Waals surface area contributed by atoms with Crippen molar-refractivity contribution in [3.05, 3.63) is 12.7 Å². The molecule has 0 bridgehead atoms. The molecule has 0 heterocycles. The minimum Gasteiger partial charge on any atom is -0.481 e. The van der Waals surface area contributed by atoms with Gasteiger partial charge in [-0.1, -0.05) is 19.9 Å². The zero-order valence-corrected chi connectivity index (χ0v) is 7.64. The monoisotopic (exact) mass is 156 g/mol. The van der Waals surface area contributed by atoms with E-state index in [1.807, 2.05) is 13.8 Å². The van der Waals surface area contributed by atoms with Gasteiger partial charge in [-0.15, -0.1) is 6.58 Å². The Morgan fingerprint density at radius 1 is 1.36 bits per heavy atom. The maximum atomic E-state index is 10.8. The molecule has 0 fully saturated rings. The van der Waals surface area contributed by atoms with Crippen molar-refractivity contribution < 1.29 is 9.90 Å². The van der Waals surface area contributed by atoms with Crippen LogP contribution in [0.3, 0.4) is 0 Å². The second-order valence-electron chi connectivity index (χ2n) is 3.86. The Kier molecular flexibility index (Phi) is 2.49. The van der Waals surface area contributed by atoms with E-state index in [0.717, 1.165) is 0 Å². The van der Waals surface area contributed by atoms with E-state index in [1.54, 1.807) is 19.9 Å². The van der Waals surface area contributed by atoms with Crippen molar-refractivity contribution in [3.63, 3.8) is 0 Å². The third-order valence-corrected chi connectivity index (χ3v) is 2.66. The molecule has 0 saturated heterocycles. The third-order valence-electron chi connectivity index (χ3n) is 2.66. The number of rotatable bonds is 3. The first-order chi connectivity index (χ1) is 4.75. The third kappa shape index (κ3) is 1.62. The van der Waals surface area contributed by atoms with Crippen molar-refractivity contribution in [3.8, 4) is 0 Å². The molecule has 2 heteroatoms. The van der Waals surface area contributed by atoms with Crippen LogP contribution < -0.4 is 0 Å². The van der Waals surface area contributed by atoms with Crippen molar-refractivity contribution in [2.75, 3.05) is 0 Å². The number of carboxylic acids is 1. The lowest BCUT2D eigenvalue weighted by Gasteiger charge is -2.35. The molecule has 0 spiro atoms. The van der Waals surface area contributed by atoms with E-state index in [0.29, 0.717) is 0 Å². The topological polar surface area (TPSA) is 37.3 Å². The predicted molar refractivity (Wildman–Crippen MR) is 45.4 cm³/mol. The number of allylic oxidation sites excluding steroid dienone is 1. The molecule has 11 heavy (non-hydrogen) atoms. The average Bonchev–Trinajstić information content (AvgIpc) is 1.87. The molecule has 0 radical (unpaired) electrons. The van der Waals surface area contributed by atoms with Crippen LogP contribution in [-0.2, 0) is 4.79 Å². The summed E-state index contributed by atoms with van der Waals surface area (Å²) >= 11 is 0. The van der Waals surface area contributed by atoms with Gasteiger partial charge in [-0.05, 0) is 19.3 Å². The van der Waals surface area contributed by atoms with Gasteiger partial charge < -0.3 is 5.11 Å². The van der Waals surface area contributed by atoms with E-state index in [9.17, 15) is 4.79 Å². The average molecular weight is 156 g/mol. The van der Waals surface area contributed by atoms with E-state index < -0.39 is 11.4 Å². The molecule has 0 aliphatic rings. The Hall–Kier alpha value is -0.790. The van der Waals surface area contributed by atoms with Gasteiger partial charge >= 0.3 is 5.97 Å². The smallest absolute Gasteiger partial charge is 0.309 e. The Bertz CT molecular complexity index is 178. The number of hydrogen-bond donors (Lipinski definition) is 1. The first-order valence-corrected chi connectivity index (χ1v) is 3.62. The molecule has 64 valence electrons. The Labute approximate surface area is 67.9 Å². The van der Waals surface area contributed by atoms with Crippen LogP contribution in [0.4, 0.5) is 0 Å². The summed E-state index contributed by atoms with van der Waals surface area (Å²) in [5.74, 6) is -0.789. The van der Waals surface area contributed by atoms with Gasteiger partial charge in [-0.25, -0.2) is 0 Å². The summed E-state index contributed by atoms with van der Waals surface area (Å²) in [6.45, 7) is 10.8. The summed E-state index contributed by atoms with van der Waals surface area (Å²) in [6, 6.07) is 0. The fourth-order valence-corrected chi connectivity index (χ4v) is 0.531. The normalized spacial score (nSPS) is 12.7. The Morgan fingerprint density at radius 3 is 1.82 bits per heavy atom. The molecule has 0 amide bonds. The maximum Gasteiger partial charge on any atom is 0.309 e. The summed E-state index contributed by atoms with van der Waals surface area (Å²) < 4.78 is 0. The van der Waals surface area contributed by atoms with Crippen LogP contribution in [0.1, 0.15) is 27.7 Å². The van der Waals surface area contributed by atoms with Gasteiger partial charge in [0.25, 0.3) is 0 Å². The number of aliphatic carboxylic acids is 1. The molecule has 0 atom stereocenters. The molecule has 1 N–H and O–H groups in total. The lowest BCUT2D eigenvalue weighted by atomic mass is 9.68. The van der Waals surface area contributed by atoms with E-state index in [2.05, 4.69) is 6.58 Å². The fourth-order valence-electron chi connectivity index (χ4n) is 0.531. The van der Waals surface area contributed by atoms with E-state index in [-0.39, 0.29) is 5.41 Å². The van der Waals surface area contributed by atoms with Crippen molar-refractivity contribution in [1.82, 2.24) is 0 Å². The van der Waals surface area contributed by atoms with Crippen molar-refractivity contribution >= 4 is 5.97 Å². The SMILES string of the molecule is C=CC(C)(C)C(C)(C)C(=O)O. The van der Waals surface area contributed by atoms with Gasteiger partial charge in [0.05, 0.1) is 5.41 Å². The van der Waals surface area contributed by atoms with Gasteiger partial charge in [0.15, 0.2) is 0 Å². The van der Waals surface area contributed by atoms with Gasteiger partial charge in [0.1, 0.15) is 0 Å². The van der Waals surface area contributed by atoms with Crippen LogP contribution in [0.2, 0.25) is 0 Å². The molecule has 0 aromatic heterocycles. The van der Waals surface area contributed by atoms with Gasteiger partial charge in [0.2, 0.25) is 0 Å². The van der Waals surface area contributed by atoms with Crippen LogP contribution in [-0.4, -0.2) is 11.1 Å². The van der Waals surface area contributed by atoms with Gasteiger partial charge in [-0.3, -0.25) is 4.79 Å². The van der Waals surface area contributed by atoms with Crippen LogP contribution in [0.25, 0.3) is 0 Å². The van der Waals surface area contributed by atoms with Gasteiger partial charge in [-0.2, -0.15) is 0 Å². The number of carboxylic acid groups (broad SMARTS) is 1. The molecular formula is C9H16O2. The van der Waals surface area contributed by atoms with Crippen LogP contribution in [0.15, 0.2) is 12.7 Å². The Balaban J connectivity index is 4.81. The highest BCUT2D eigenvalue weighted by Crippen LogP contribution is 2.39. The molecule has 0 unspecified atom stereocenters. The lowest BCUT2D eigenvalue weighted by Crippen LogP contribution is -2.38. The van der Waals surface area contributed by atoms with E-state index in [1.165, 1.54) is 0 Å². The summed E-state index contributed by atoms with van der Waals surface area (Å²) in [5.41, 5.74) is -1.13. The fraction of sp³-hybridized carbons (Fsp3) is 0.667. The highest BCUT2D eigenvalue weighted by atomic mass is 16.4. The molecule has 0 aromatic carbocycles. The molecule has 2 nitrogen and oxygen atoms in total. The maximum absolute atomic E-state index is 10.8. The summed E-state index contributed by atoms with van der Waals surface area (Å²) in [7, 11) is 0. The first kappa shape index (κ1) is 10.2. The molecule has 0 saturated carbocycles. The van der Waals surface area contributed by atoms with Crippen molar-refractivity contribution in [2.24, 2.45) is 10.8 Å². The first-order valence-electron chi connectivity index (χ1n) is 3.62. The van der Waals surface area contributed by atoms with E-state index >= 15 is 0 Å². The largest absolute Gasteiger partial charge is 0.481 e. The lowest BCUT2D eigenvalue weighted by molar-refractivity contribution is -0.151. The minimum absolute atomic E-state index is 0.376. The molecule has 0 aliphatic heterocycles. The molecule has 0 aliphatic carbocycles. The highest BCUT2D eigenvalue weighted by molar-refractivity contribution is 5.75. The summed E-state index contributed by atoms with van der Waals surface area (Å²) in [4.78, 5) is 10.8. The van der Waals surface area contributed by atoms with Crippen molar-refractivity contribution in [2.45, 2.75) is 27.7 Å². The van der Waals surface area contributed by atoms with Crippen LogP contribution in [0.5, 0.6) is 0 Å². The van der Waals surface area contributed by atoms with Crippen LogP contribution >= 0.6 is 0 Å². The van der Waals surface area contributed by atoms with Crippen molar-refractivity contribution in [1.29, 1.82) is 0 Å². The van der Waals surface area contributed by atoms with Gasteiger partial charge in [0, 0.05) is 0 Å². The second kappa shape index (κ2) is 2.68. The predicted octanol–water partition coefficient (Wildman–Crippen LogP) is 2.31. The summed E-state index contributed by atoms with van der Waals surface area (Å²) in [5, 5.41) is 8.86. The van der Waals surface area contributed by atoms with E-state index in [4.69, 9.17) is 5.11 Å². The number of hydrogen-bond acceptors (Lipinski definition) is 1.